The fourth-order valence-electron chi connectivity index (χ4n) is 7.05. The Morgan fingerprint density at radius 1 is 1.02 bits per heavy atom. The van der Waals surface area contributed by atoms with E-state index in [4.69, 9.17) is 14.5 Å². The topological polar surface area (TPSA) is 121 Å². The Bertz CT molecular complexity index is 1830. The van der Waals surface area contributed by atoms with Crippen molar-refractivity contribution in [2.24, 2.45) is 0 Å². The number of benzene rings is 2. The van der Waals surface area contributed by atoms with Gasteiger partial charge in [-0.2, -0.15) is 4.98 Å². The van der Waals surface area contributed by atoms with E-state index in [1.165, 1.54) is 0 Å². The zero-order chi connectivity index (χ0) is 32.7. The van der Waals surface area contributed by atoms with Gasteiger partial charge in [0, 0.05) is 69.5 Å². The molecule has 0 bridgehead atoms. The molecule has 14 heteroatoms. The van der Waals surface area contributed by atoms with Crippen LogP contribution in [-0.2, 0) is 4.57 Å². The van der Waals surface area contributed by atoms with Gasteiger partial charge in [-0.15, -0.1) is 0 Å². The maximum atomic E-state index is 13.4. The fraction of sp³-hybridized carbons (Fsp3) is 0.455. The molecule has 0 spiro atoms. The highest BCUT2D eigenvalue weighted by molar-refractivity contribution is 9.10. The molecule has 0 aliphatic carbocycles. The first-order chi connectivity index (χ1) is 22.7. The highest BCUT2D eigenvalue weighted by Crippen LogP contribution is 2.45. The van der Waals surface area contributed by atoms with E-state index < -0.39 is 7.14 Å². The number of rotatable bonds is 8. The molecule has 47 heavy (non-hydrogen) atoms. The van der Waals surface area contributed by atoms with E-state index in [9.17, 15) is 4.57 Å². The number of aromatic nitrogens is 4. The van der Waals surface area contributed by atoms with Crippen LogP contribution in [0.25, 0.3) is 11.0 Å². The first-order valence-electron chi connectivity index (χ1n) is 16.2. The summed E-state index contributed by atoms with van der Waals surface area (Å²) in [6.45, 7) is 13.1. The Kier molecular flexibility index (Phi) is 8.99. The highest BCUT2D eigenvalue weighted by atomic mass is 79.9. The van der Waals surface area contributed by atoms with E-state index in [-0.39, 0.29) is 0 Å². The van der Waals surface area contributed by atoms with Crippen LogP contribution in [0.15, 0.2) is 47.3 Å². The summed E-state index contributed by atoms with van der Waals surface area (Å²) in [7, 11) is -1.07. The number of nitrogens with zero attached hydrogens (tertiary/aromatic N) is 7. The number of hydrogen-bond acceptors (Lipinski definition) is 12. The van der Waals surface area contributed by atoms with E-state index in [1.807, 2.05) is 18.2 Å². The Balaban J connectivity index is 1.11. The van der Waals surface area contributed by atoms with Crippen molar-refractivity contribution < 1.29 is 14.0 Å². The summed E-state index contributed by atoms with van der Waals surface area (Å²) in [5, 5.41) is 7.32. The first-order valence-corrected chi connectivity index (χ1v) is 19.5. The standard InChI is InChI=1S/C33H41BrN9O3P/c1-5-41-12-14-42(15-13-41)21-8-11-43-22(16-21)20-46-29-17-26(28(45-2)18-27(29)43)39-33-37-19-23(34)32(40-33)38-25-7-6-24-30(36-10-9-35-24)31(25)47(3,4)44/h6-7,9-10,17-19,21-22H,5,8,11-16,20H2,1-4H3,(H2,37,38,39,40)/t21-,22+/m0/s1. The lowest BCUT2D eigenvalue weighted by Gasteiger charge is -2.48. The number of anilines is 5. The molecular formula is C33H41BrN9O3P. The van der Waals surface area contributed by atoms with Crippen molar-refractivity contribution in [1.29, 1.82) is 0 Å². The van der Waals surface area contributed by atoms with Crippen LogP contribution in [0.5, 0.6) is 11.5 Å². The average molecular weight is 723 g/mol. The van der Waals surface area contributed by atoms with Crippen molar-refractivity contribution >= 4 is 68.2 Å². The van der Waals surface area contributed by atoms with Crippen molar-refractivity contribution in [3.63, 3.8) is 0 Å². The van der Waals surface area contributed by atoms with Gasteiger partial charge in [-0.1, -0.05) is 6.92 Å². The number of halogens is 1. The van der Waals surface area contributed by atoms with Crippen molar-refractivity contribution in [1.82, 2.24) is 29.7 Å². The van der Waals surface area contributed by atoms with Gasteiger partial charge < -0.3 is 34.5 Å². The Labute approximate surface area is 283 Å². The largest absolute Gasteiger partial charge is 0.494 e. The van der Waals surface area contributed by atoms with Gasteiger partial charge in [0.05, 0.1) is 45.5 Å². The second kappa shape index (κ2) is 13.2. The van der Waals surface area contributed by atoms with Crippen LogP contribution >= 0.6 is 23.1 Å². The molecule has 4 aromatic rings. The van der Waals surface area contributed by atoms with Gasteiger partial charge in [0.1, 0.15) is 36.6 Å². The van der Waals surface area contributed by atoms with Crippen molar-refractivity contribution in [2.45, 2.75) is 31.8 Å². The quantitative estimate of drug-likeness (QED) is 0.230. The monoisotopic (exact) mass is 721 g/mol. The minimum absolute atomic E-state index is 0.338. The first kappa shape index (κ1) is 32.1. The van der Waals surface area contributed by atoms with Crippen molar-refractivity contribution in [3.8, 4) is 11.5 Å². The summed E-state index contributed by atoms with van der Waals surface area (Å²) >= 11 is 3.58. The van der Waals surface area contributed by atoms with Crippen LogP contribution < -0.4 is 30.3 Å². The van der Waals surface area contributed by atoms with Crippen LogP contribution in [0, 0.1) is 0 Å². The molecule has 0 amide bonds. The van der Waals surface area contributed by atoms with Gasteiger partial charge in [0.2, 0.25) is 5.95 Å². The van der Waals surface area contributed by atoms with Gasteiger partial charge in [0.25, 0.3) is 0 Å². The maximum Gasteiger partial charge on any atom is 0.229 e. The zero-order valence-corrected chi connectivity index (χ0v) is 29.7. The molecule has 7 rings (SSSR count). The molecular weight excluding hydrogens is 681 g/mol. The fourth-order valence-corrected chi connectivity index (χ4v) is 8.74. The molecule has 2 aromatic heterocycles. The van der Waals surface area contributed by atoms with E-state index in [0.29, 0.717) is 68.4 Å². The lowest BCUT2D eigenvalue weighted by Crippen LogP contribution is -2.57. The van der Waals surface area contributed by atoms with Crippen LogP contribution in [0.3, 0.4) is 0 Å². The Morgan fingerprint density at radius 2 is 1.83 bits per heavy atom. The molecule has 2 saturated heterocycles. The molecule has 3 aliphatic rings. The SMILES string of the molecule is CCN1CCN([C@H]2CCN3c4cc(OC)c(Nc5ncc(Br)c(Nc6ccc7nccnc7c6P(C)(C)=O)n5)cc4OC[C@H]3C2)CC1. The number of piperidine rings is 1. The van der Waals surface area contributed by atoms with Crippen molar-refractivity contribution in [2.75, 3.05) is 81.8 Å². The predicted molar refractivity (Wildman–Crippen MR) is 191 cm³/mol. The smallest absolute Gasteiger partial charge is 0.229 e. The third kappa shape index (κ3) is 6.50. The van der Waals surface area contributed by atoms with Gasteiger partial charge in [0.15, 0.2) is 0 Å². The van der Waals surface area contributed by atoms with Gasteiger partial charge in [-0.3, -0.25) is 14.9 Å². The number of fused-ring (bicyclic) bond motifs is 4. The normalized spacial score (nSPS) is 20.3. The summed E-state index contributed by atoms with van der Waals surface area (Å²) in [5.41, 5.74) is 3.71. The summed E-state index contributed by atoms with van der Waals surface area (Å²) in [4.78, 5) is 25.9. The summed E-state index contributed by atoms with van der Waals surface area (Å²) in [5.74, 6) is 2.37. The minimum Gasteiger partial charge on any atom is -0.494 e. The summed E-state index contributed by atoms with van der Waals surface area (Å²) in [6.07, 6.45) is 7.16. The molecule has 0 unspecified atom stereocenters. The third-order valence-corrected chi connectivity index (χ3v) is 11.6. The zero-order valence-electron chi connectivity index (χ0n) is 27.2. The molecule has 0 radical (unpaired) electrons. The van der Waals surface area contributed by atoms with Crippen LogP contribution in [-0.4, -0.2) is 108 Å². The number of ether oxygens (including phenoxy) is 2. The average Bonchev–Trinajstić information content (AvgIpc) is 3.08. The molecule has 3 aliphatic heterocycles. The number of piperazine rings is 1. The second-order valence-electron chi connectivity index (χ2n) is 12.7. The Morgan fingerprint density at radius 3 is 2.60 bits per heavy atom. The molecule has 2 fully saturated rings. The van der Waals surface area contributed by atoms with E-state index in [0.717, 1.165) is 63.5 Å². The molecule has 5 heterocycles. The lowest BCUT2D eigenvalue weighted by atomic mass is 9.93. The number of hydrogen-bond donors (Lipinski definition) is 2. The maximum absolute atomic E-state index is 13.4. The molecule has 12 nitrogen and oxygen atoms in total. The second-order valence-corrected chi connectivity index (χ2v) is 16.7. The van der Waals surface area contributed by atoms with Gasteiger partial charge in [-0.25, -0.2) is 4.98 Å². The Hall–Kier alpha value is -3.51. The van der Waals surface area contributed by atoms with Crippen molar-refractivity contribution in [3.05, 3.63) is 47.3 Å². The molecule has 0 saturated carbocycles. The highest BCUT2D eigenvalue weighted by Gasteiger charge is 2.37. The lowest BCUT2D eigenvalue weighted by molar-refractivity contribution is 0.0740. The molecule has 2 aromatic carbocycles. The molecule has 2 N–H and O–H groups in total. The predicted octanol–water partition coefficient (Wildman–Crippen LogP) is 5.29. The van der Waals surface area contributed by atoms with Gasteiger partial charge >= 0.3 is 0 Å². The van der Waals surface area contributed by atoms with Gasteiger partial charge in [-0.05, 0) is 60.8 Å². The minimum atomic E-state index is -2.75. The van der Waals surface area contributed by atoms with Crippen LogP contribution in [0.1, 0.15) is 19.8 Å². The molecule has 248 valence electrons. The van der Waals surface area contributed by atoms with Crippen LogP contribution in [0.4, 0.5) is 28.8 Å². The summed E-state index contributed by atoms with van der Waals surface area (Å²) < 4.78 is 26.3. The third-order valence-electron chi connectivity index (χ3n) is 9.48. The molecule has 2 atom stereocenters. The summed E-state index contributed by atoms with van der Waals surface area (Å²) in [6, 6.07) is 8.69. The van der Waals surface area contributed by atoms with E-state index in [1.54, 1.807) is 39.0 Å². The van der Waals surface area contributed by atoms with E-state index >= 15 is 0 Å². The number of methoxy groups -OCH3 is 1. The van der Waals surface area contributed by atoms with Crippen LogP contribution in [0.2, 0.25) is 0 Å². The van der Waals surface area contributed by atoms with E-state index in [2.05, 4.69) is 69.2 Å². The number of nitrogens with one attached hydrogen (secondary N) is 2. The number of likely N-dealkylation sites (N-methyl/N-ethyl adjacent to an activating group) is 1.